The Morgan fingerprint density at radius 3 is 2.25 bits per heavy atom. The fourth-order valence-electron chi connectivity index (χ4n) is 0.685. The standard InChI is InChI=1S/C7H9NO.C2H4O/c1-8-6-4-2-3-5-7(6)9;1-2-3/h2-5,8-9H,1H3;2H,1H3. The monoisotopic (exact) mass is 167 g/mol. The molecule has 0 radical (unpaired) electrons. The Kier molecular flexibility index (Phi) is 5.43. The number of rotatable bonds is 1. The van der Waals surface area contributed by atoms with E-state index in [2.05, 4.69) is 5.32 Å². The Morgan fingerprint density at radius 2 is 1.92 bits per heavy atom. The molecular weight excluding hydrogens is 154 g/mol. The fourth-order valence-corrected chi connectivity index (χ4v) is 0.685. The van der Waals surface area contributed by atoms with Crippen LogP contribution in [0.4, 0.5) is 5.69 Å². The van der Waals surface area contributed by atoms with Crippen molar-refractivity contribution in [3.63, 3.8) is 0 Å². The van der Waals surface area contributed by atoms with Crippen LogP contribution >= 0.6 is 0 Å². The van der Waals surface area contributed by atoms with E-state index < -0.39 is 0 Å². The van der Waals surface area contributed by atoms with Gasteiger partial charge < -0.3 is 15.2 Å². The van der Waals surface area contributed by atoms with E-state index in [-0.39, 0.29) is 0 Å². The zero-order valence-electron chi connectivity index (χ0n) is 7.24. The van der Waals surface area contributed by atoms with Crippen LogP contribution < -0.4 is 5.32 Å². The first kappa shape index (κ1) is 10.5. The second kappa shape index (κ2) is 6.22. The number of para-hydroxylation sites is 2. The van der Waals surface area contributed by atoms with Crippen LogP contribution in [0.2, 0.25) is 0 Å². The van der Waals surface area contributed by atoms with Crippen molar-refractivity contribution in [3.8, 4) is 5.75 Å². The molecule has 0 spiro atoms. The van der Waals surface area contributed by atoms with E-state index in [1.54, 1.807) is 19.2 Å². The zero-order chi connectivity index (χ0) is 9.40. The summed E-state index contributed by atoms with van der Waals surface area (Å²) in [4.78, 5) is 8.81. The average molecular weight is 167 g/mol. The van der Waals surface area contributed by atoms with Gasteiger partial charge in [-0.1, -0.05) is 12.1 Å². The van der Waals surface area contributed by atoms with Crippen molar-refractivity contribution in [1.29, 1.82) is 0 Å². The normalized spacial score (nSPS) is 7.83. The highest BCUT2D eigenvalue weighted by Gasteiger charge is 1.91. The number of carbonyl (C=O) groups excluding carboxylic acids is 1. The summed E-state index contributed by atoms with van der Waals surface area (Å²) >= 11 is 0. The Bertz CT molecular complexity index is 236. The van der Waals surface area contributed by atoms with Gasteiger partial charge in [-0.05, 0) is 19.1 Å². The van der Waals surface area contributed by atoms with Crippen molar-refractivity contribution >= 4 is 12.0 Å². The van der Waals surface area contributed by atoms with Crippen molar-refractivity contribution in [2.75, 3.05) is 12.4 Å². The molecular formula is C9H13NO2. The van der Waals surface area contributed by atoms with Crippen molar-refractivity contribution < 1.29 is 9.90 Å². The quantitative estimate of drug-likeness (QED) is 0.493. The van der Waals surface area contributed by atoms with Gasteiger partial charge in [0.2, 0.25) is 0 Å². The molecule has 3 nitrogen and oxygen atoms in total. The molecule has 66 valence electrons. The van der Waals surface area contributed by atoms with E-state index in [1.165, 1.54) is 6.92 Å². The number of nitrogens with one attached hydrogen (secondary N) is 1. The van der Waals surface area contributed by atoms with Gasteiger partial charge in [0.25, 0.3) is 0 Å². The third-order valence-corrected chi connectivity index (χ3v) is 1.17. The summed E-state index contributed by atoms with van der Waals surface area (Å²) in [6.45, 7) is 1.44. The second-order valence-electron chi connectivity index (χ2n) is 2.00. The molecule has 0 aliphatic heterocycles. The predicted octanol–water partition coefficient (Wildman–Crippen LogP) is 1.64. The molecule has 0 aliphatic rings. The maximum absolute atomic E-state index is 9.05. The van der Waals surface area contributed by atoms with Crippen LogP contribution in [0.25, 0.3) is 0 Å². The van der Waals surface area contributed by atoms with Crippen LogP contribution in [-0.2, 0) is 4.79 Å². The number of anilines is 1. The second-order valence-corrected chi connectivity index (χ2v) is 2.00. The number of hydrogen-bond acceptors (Lipinski definition) is 3. The van der Waals surface area contributed by atoms with Crippen molar-refractivity contribution in [2.24, 2.45) is 0 Å². The zero-order valence-corrected chi connectivity index (χ0v) is 7.24. The third-order valence-electron chi connectivity index (χ3n) is 1.17. The highest BCUT2D eigenvalue weighted by atomic mass is 16.3. The molecule has 0 heterocycles. The minimum Gasteiger partial charge on any atom is -0.506 e. The molecule has 2 N–H and O–H groups in total. The first-order chi connectivity index (χ1) is 5.76. The van der Waals surface area contributed by atoms with Crippen molar-refractivity contribution in [2.45, 2.75) is 6.92 Å². The lowest BCUT2D eigenvalue weighted by atomic mass is 10.3. The SMILES string of the molecule is CC=O.CNc1ccccc1O. The Balaban J connectivity index is 0.000000354. The molecule has 0 saturated heterocycles. The van der Waals surface area contributed by atoms with Gasteiger partial charge in [0.05, 0.1) is 5.69 Å². The summed E-state index contributed by atoms with van der Waals surface area (Å²) in [5, 5.41) is 11.9. The molecule has 0 amide bonds. The number of aldehydes is 1. The van der Waals surface area contributed by atoms with E-state index >= 15 is 0 Å². The first-order valence-electron chi connectivity index (χ1n) is 3.61. The number of benzene rings is 1. The maximum Gasteiger partial charge on any atom is 0.138 e. The number of phenolic OH excluding ortho intramolecular Hbond substituents is 1. The molecule has 0 unspecified atom stereocenters. The lowest BCUT2D eigenvalue weighted by Gasteiger charge is -1.99. The number of hydrogen-bond donors (Lipinski definition) is 2. The molecule has 3 heteroatoms. The van der Waals surface area contributed by atoms with Gasteiger partial charge in [0.15, 0.2) is 0 Å². The predicted molar refractivity (Wildman–Crippen MR) is 49.4 cm³/mol. The topological polar surface area (TPSA) is 49.3 Å². The maximum atomic E-state index is 9.05. The van der Waals surface area contributed by atoms with E-state index in [0.717, 1.165) is 12.0 Å². The number of aromatic hydroxyl groups is 1. The van der Waals surface area contributed by atoms with Crippen LogP contribution in [0.3, 0.4) is 0 Å². The van der Waals surface area contributed by atoms with E-state index in [1.807, 2.05) is 12.1 Å². The van der Waals surface area contributed by atoms with Gasteiger partial charge in [-0.3, -0.25) is 0 Å². The third kappa shape index (κ3) is 3.61. The molecule has 1 aromatic rings. The molecule has 0 fully saturated rings. The molecule has 0 saturated carbocycles. The molecule has 1 rings (SSSR count). The molecule has 0 bridgehead atoms. The van der Waals surface area contributed by atoms with Crippen LogP contribution in [0.15, 0.2) is 24.3 Å². The summed E-state index contributed by atoms with van der Waals surface area (Å²) in [5.74, 6) is 0.292. The fraction of sp³-hybridized carbons (Fsp3) is 0.222. The highest BCUT2D eigenvalue weighted by molar-refractivity contribution is 5.54. The van der Waals surface area contributed by atoms with E-state index in [9.17, 15) is 0 Å². The molecule has 0 aliphatic carbocycles. The first-order valence-corrected chi connectivity index (χ1v) is 3.61. The summed E-state index contributed by atoms with van der Waals surface area (Å²) in [6.07, 6.45) is 0.750. The van der Waals surface area contributed by atoms with Gasteiger partial charge >= 0.3 is 0 Å². The van der Waals surface area contributed by atoms with Gasteiger partial charge in [-0.25, -0.2) is 0 Å². The van der Waals surface area contributed by atoms with E-state index in [4.69, 9.17) is 9.90 Å². The van der Waals surface area contributed by atoms with Crippen LogP contribution in [0.5, 0.6) is 5.75 Å². The summed E-state index contributed by atoms with van der Waals surface area (Å²) in [6, 6.07) is 7.11. The van der Waals surface area contributed by atoms with E-state index in [0.29, 0.717) is 5.75 Å². The largest absolute Gasteiger partial charge is 0.506 e. The van der Waals surface area contributed by atoms with Crippen molar-refractivity contribution in [1.82, 2.24) is 0 Å². The van der Waals surface area contributed by atoms with Gasteiger partial charge in [-0.15, -0.1) is 0 Å². The van der Waals surface area contributed by atoms with Gasteiger partial charge in [0, 0.05) is 7.05 Å². The number of carbonyl (C=O) groups is 1. The van der Waals surface area contributed by atoms with Gasteiger partial charge in [-0.2, -0.15) is 0 Å². The van der Waals surface area contributed by atoms with Crippen molar-refractivity contribution in [3.05, 3.63) is 24.3 Å². The summed E-state index contributed by atoms with van der Waals surface area (Å²) in [5.41, 5.74) is 0.762. The summed E-state index contributed by atoms with van der Waals surface area (Å²) < 4.78 is 0. The molecule has 1 aromatic carbocycles. The summed E-state index contributed by atoms with van der Waals surface area (Å²) in [7, 11) is 1.77. The Morgan fingerprint density at radius 1 is 1.42 bits per heavy atom. The van der Waals surface area contributed by atoms with Crippen LogP contribution in [-0.4, -0.2) is 18.4 Å². The Labute approximate surface area is 72.0 Å². The minimum absolute atomic E-state index is 0.292. The number of phenols is 1. The average Bonchev–Trinajstić information content (AvgIpc) is 2.07. The molecule has 12 heavy (non-hydrogen) atoms. The highest BCUT2D eigenvalue weighted by Crippen LogP contribution is 2.19. The van der Waals surface area contributed by atoms with Crippen LogP contribution in [0, 0.1) is 0 Å². The smallest absolute Gasteiger partial charge is 0.138 e. The molecule has 0 atom stereocenters. The van der Waals surface area contributed by atoms with Gasteiger partial charge in [0.1, 0.15) is 12.0 Å². The minimum atomic E-state index is 0.292. The lowest BCUT2D eigenvalue weighted by Crippen LogP contribution is -1.86. The molecule has 0 aromatic heterocycles. The Hall–Kier alpha value is -1.51. The van der Waals surface area contributed by atoms with Crippen LogP contribution in [0.1, 0.15) is 6.92 Å². The lowest BCUT2D eigenvalue weighted by molar-refractivity contribution is -0.106.